The number of hydrogen-bond donors (Lipinski definition) is 2. The average Bonchev–Trinajstić information content (AvgIpc) is 2.67. The second kappa shape index (κ2) is 8.96. The number of benzene rings is 2. The molecule has 0 aliphatic rings. The number of carbonyl (C=O) groups excluding carboxylic acids is 1. The molecule has 3 N–H and O–H groups in total. The van der Waals surface area contributed by atoms with Crippen LogP contribution in [0.2, 0.25) is 0 Å². The van der Waals surface area contributed by atoms with Crippen LogP contribution in [-0.4, -0.2) is 17.4 Å². The minimum atomic E-state index is -0.555. The van der Waals surface area contributed by atoms with Gasteiger partial charge in [0.15, 0.2) is 0 Å². The number of nitrogens with one attached hydrogen (secondary N) is 1. The molecule has 0 unspecified atom stereocenters. The Balaban J connectivity index is 1.46. The maximum absolute atomic E-state index is 11.0. The Bertz CT molecular complexity index is 890. The van der Waals surface area contributed by atoms with E-state index in [1.54, 1.807) is 12.1 Å². The van der Waals surface area contributed by atoms with Crippen molar-refractivity contribution in [3.8, 4) is 11.5 Å². The Morgan fingerprint density at radius 3 is 2.48 bits per heavy atom. The van der Waals surface area contributed by atoms with E-state index < -0.39 is 5.91 Å². The second-order valence-corrected chi connectivity index (χ2v) is 6.41. The van der Waals surface area contributed by atoms with Crippen LogP contribution < -0.4 is 15.8 Å². The van der Waals surface area contributed by atoms with E-state index in [0.717, 1.165) is 19.5 Å². The first-order chi connectivity index (χ1) is 13.1. The van der Waals surface area contributed by atoms with Crippen LogP contribution in [0.3, 0.4) is 0 Å². The van der Waals surface area contributed by atoms with Crippen LogP contribution >= 0.6 is 0 Å². The lowest BCUT2D eigenvalue weighted by Crippen LogP contribution is -2.16. The maximum atomic E-state index is 11.0. The molecular weight excluding hydrogens is 338 g/mol. The molecule has 3 rings (SSSR count). The summed E-state index contributed by atoms with van der Waals surface area (Å²) in [6.07, 6.45) is 2.50. The number of carbonyl (C=O) groups is 1. The Kier molecular flexibility index (Phi) is 6.18. The van der Waals surface area contributed by atoms with Gasteiger partial charge in [0.05, 0.1) is 6.20 Å². The van der Waals surface area contributed by atoms with Gasteiger partial charge in [0, 0.05) is 6.54 Å². The molecule has 0 fully saturated rings. The van der Waals surface area contributed by atoms with Crippen LogP contribution in [0.25, 0.3) is 0 Å². The van der Waals surface area contributed by atoms with Gasteiger partial charge in [-0.05, 0) is 55.3 Å². The smallest absolute Gasteiger partial charge is 0.267 e. The lowest BCUT2D eigenvalue weighted by atomic mass is 10.1. The molecule has 5 heteroatoms. The number of nitrogens with zero attached hydrogens (tertiary/aromatic N) is 1. The van der Waals surface area contributed by atoms with Gasteiger partial charge in [-0.15, -0.1) is 0 Å². The van der Waals surface area contributed by atoms with Gasteiger partial charge in [0.2, 0.25) is 0 Å². The van der Waals surface area contributed by atoms with Crippen LogP contribution in [0.1, 0.15) is 27.2 Å². The van der Waals surface area contributed by atoms with Gasteiger partial charge in [-0.3, -0.25) is 4.79 Å². The van der Waals surface area contributed by atoms with Crippen LogP contribution in [0.15, 0.2) is 66.9 Å². The first-order valence-electron chi connectivity index (χ1n) is 8.89. The molecule has 138 valence electrons. The SMILES string of the molecule is Cc1cccc(CCNCc2ccc(Oc3ccc(C(N)=O)nc3)cc2)c1. The molecule has 0 radical (unpaired) electrons. The zero-order valence-corrected chi connectivity index (χ0v) is 15.3. The molecule has 0 saturated carbocycles. The van der Waals surface area contributed by atoms with Gasteiger partial charge >= 0.3 is 0 Å². The van der Waals surface area contributed by atoms with E-state index in [0.29, 0.717) is 11.5 Å². The Hall–Kier alpha value is -3.18. The molecule has 1 aromatic heterocycles. The molecule has 0 atom stereocenters. The topological polar surface area (TPSA) is 77.2 Å². The standard InChI is InChI=1S/C22H23N3O2/c1-16-3-2-4-17(13-16)11-12-24-14-18-5-7-19(8-6-18)27-20-9-10-21(22(23)26)25-15-20/h2-10,13,15,24H,11-12,14H2,1H3,(H2,23,26). The van der Waals surface area contributed by atoms with E-state index in [-0.39, 0.29) is 5.69 Å². The summed E-state index contributed by atoms with van der Waals surface area (Å²) < 4.78 is 5.73. The lowest BCUT2D eigenvalue weighted by Gasteiger charge is -2.08. The van der Waals surface area contributed by atoms with Gasteiger partial charge in [-0.1, -0.05) is 42.0 Å². The summed E-state index contributed by atoms with van der Waals surface area (Å²) >= 11 is 0. The predicted molar refractivity (Wildman–Crippen MR) is 106 cm³/mol. The molecule has 1 heterocycles. The van der Waals surface area contributed by atoms with Crippen molar-refractivity contribution in [1.82, 2.24) is 10.3 Å². The minimum Gasteiger partial charge on any atom is -0.456 e. The highest BCUT2D eigenvalue weighted by molar-refractivity contribution is 5.90. The minimum absolute atomic E-state index is 0.217. The third kappa shape index (κ3) is 5.66. The van der Waals surface area contributed by atoms with Gasteiger partial charge in [0.25, 0.3) is 5.91 Å². The number of aryl methyl sites for hydroxylation is 1. The Morgan fingerprint density at radius 1 is 1.04 bits per heavy atom. The van der Waals surface area contributed by atoms with Gasteiger partial charge < -0.3 is 15.8 Å². The van der Waals surface area contributed by atoms with Crippen molar-refractivity contribution in [2.45, 2.75) is 19.9 Å². The zero-order chi connectivity index (χ0) is 19.1. The molecule has 5 nitrogen and oxygen atoms in total. The molecule has 0 aliphatic carbocycles. The second-order valence-electron chi connectivity index (χ2n) is 6.41. The summed E-state index contributed by atoms with van der Waals surface area (Å²) in [7, 11) is 0. The summed E-state index contributed by atoms with van der Waals surface area (Å²) in [5.74, 6) is 0.719. The van der Waals surface area contributed by atoms with Gasteiger partial charge in [-0.2, -0.15) is 0 Å². The van der Waals surface area contributed by atoms with Crippen molar-refractivity contribution in [1.29, 1.82) is 0 Å². The molecule has 1 amide bonds. The summed E-state index contributed by atoms with van der Waals surface area (Å²) in [5, 5.41) is 3.46. The van der Waals surface area contributed by atoms with E-state index in [4.69, 9.17) is 10.5 Å². The summed E-state index contributed by atoms with van der Waals surface area (Å²) in [6, 6.07) is 19.7. The monoisotopic (exact) mass is 361 g/mol. The Labute approximate surface area is 159 Å². The normalized spacial score (nSPS) is 10.6. The number of hydrogen-bond acceptors (Lipinski definition) is 4. The first-order valence-corrected chi connectivity index (χ1v) is 8.89. The van der Waals surface area contributed by atoms with Crippen molar-refractivity contribution in [3.05, 3.63) is 89.2 Å². The number of rotatable bonds is 8. The van der Waals surface area contributed by atoms with E-state index in [9.17, 15) is 4.79 Å². The van der Waals surface area contributed by atoms with Crippen molar-refractivity contribution >= 4 is 5.91 Å². The van der Waals surface area contributed by atoms with Crippen molar-refractivity contribution in [2.24, 2.45) is 5.73 Å². The highest BCUT2D eigenvalue weighted by atomic mass is 16.5. The molecule has 27 heavy (non-hydrogen) atoms. The number of primary amides is 1. The largest absolute Gasteiger partial charge is 0.456 e. The van der Waals surface area contributed by atoms with E-state index >= 15 is 0 Å². The molecule has 0 saturated heterocycles. The summed E-state index contributed by atoms with van der Waals surface area (Å²) in [6.45, 7) is 3.85. The third-order valence-electron chi connectivity index (χ3n) is 4.15. The van der Waals surface area contributed by atoms with Crippen molar-refractivity contribution in [3.63, 3.8) is 0 Å². The molecule has 3 aromatic rings. The highest BCUT2D eigenvalue weighted by Gasteiger charge is 2.03. The fraction of sp³-hybridized carbons (Fsp3) is 0.182. The average molecular weight is 361 g/mol. The van der Waals surface area contributed by atoms with Crippen LogP contribution in [0.5, 0.6) is 11.5 Å². The summed E-state index contributed by atoms with van der Waals surface area (Å²) in [4.78, 5) is 15.0. The number of aromatic nitrogens is 1. The number of amides is 1. The van der Waals surface area contributed by atoms with E-state index in [2.05, 4.69) is 41.5 Å². The number of ether oxygens (including phenoxy) is 1. The number of nitrogens with two attached hydrogens (primary N) is 1. The third-order valence-corrected chi connectivity index (χ3v) is 4.15. The van der Waals surface area contributed by atoms with Gasteiger partial charge in [-0.25, -0.2) is 4.98 Å². The lowest BCUT2D eigenvalue weighted by molar-refractivity contribution is 0.0995. The Morgan fingerprint density at radius 2 is 1.81 bits per heavy atom. The van der Waals surface area contributed by atoms with Gasteiger partial charge in [0.1, 0.15) is 17.2 Å². The number of pyridine rings is 1. The van der Waals surface area contributed by atoms with E-state index in [1.807, 2.05) is 24.3 Å². The van der Waals surface area contributed by atoms with Crippen LogP contribution in [0, 0.1) is 6.92 Å². The summed E-state index contributed by atoms with van der Waals surface area (Å²) in [5.41, 5.74) is 9.22. The highest BCUT2D eigenvalue weighted by Crippen LogP contribution is 2.21. The molecule has 0 bridgehead atoms. The van der Waals surface area contributed by atoms with E-state index in [1.165, 1.54) is 22.9 Å². The molecule has 0 spiro atoms. The molecule has 2 aromatic carbocycles. The van der Waals surface area contributed by atoms with Crippen LogP contribution in [-0.2, 0) is 13.0 Å². The fourth-order valence-corrected chi connectivity index (χ4v) is 2.73. The van der Waals surface area contributed by atoms with Crippen molar-refractivity contribution < 1.29 is 9.53 Å². The fourth-order valence-electron chi connectivity index (χ4n) is 2.73. The maximum Gasteiger partial charge on any atom is 0.267 e. The predicted octanol–water partition coefficient (Wildman–Crippen LogP) is 3.61. The first kappa shape index (κ1) is 18.6. The zero-order valence-electron chi connectivity index (χ0n) is 15.3. The quantitative estimate of drug-likeness (QED) is 0.601. The molecular formula is C22H23N3O2. The van der Waals surface area contributed by atoms with Crippen molar-refractivity contribution in [2.75, 3.05) is 6.54 Å². The molecule has 0 aliphatic heterocycles. The van der Waals surface area contributed by atoms with Crippen LogP contribution in [0.4, 0.5) is 0 Å².